The number of furan rings is 1. The van der Waals surface area contributed by atoms with Crippen LogP contribution in [-0.2, 0) is 27.3 Å². The first-order chi connectivity index (χ1) is 24.5. The Morgan fingerprint density at radius 2 is 1.69 bits per heavy atom. The highest BCUT2D eigenvalue weighted by Gasteiger charge is 2.57. The molecule has 2 aliphatic rings. The largest absolute Gasteiger partial charge is 0.493 e. The Bertz CT molecular complexity index is 1750. The van der Waals surface area contributed by atoms with Gasteiger partial charge in [-0.2, -0.15) is 0 Å². The summed E-state index contributed by atoms with van der Waals surface area (Å²) in [7, 11) is 6.06. The van der Waals surface area contributed by atoms with E-state index in [0.29, 0.717) is 40.6 Å². The number of fused-ring (bicyclic) bond motifs is 1. The summed E-state index contributed by atoms with van der Waals surface area (Å²) in [6.45, 7) is 9.01. The highest BCUT2D eigenvalue weighted by molar-refractivity contribution is 6.05. The van der Waals surface area contributed by atoms with Crippen molar-refractivity contribution >= 4 is 23.9 Å². The van der Waals surface area contributed by atoms with Crippen molar-refractivity contribution in [2.45, 2.75) is 65.3 Å². The monoisotopic (exact) mass is 698 g/mol. The molecule has 2 N–H and O–H groups in total. The van der Waals surface area contributed by atoms with Crippen molar-refractivity contribution in [3.05, 3.63) is 95.1 Å². The molecule has 1 unspecified atom stereocenters. The Morgan fingerprint density at radius 3 is 2.33 bits per heavy atom. The second-order valence-corrected chi connectivity index (χ2v) is 14.0. The first-order valence-electron chi connectivity index (χ1n) is 17.5. The summed E-state index contributed by atoms with van der Waals surface area (Å²) < 4.78 is 27.6. The average molecular weight is 699 g/mol. The molecular formula is C41H50N2O8. The predicted molar refractivity (Wildman–Crippen MR) is 194 cm³/mol. The zero-order valence-electron chi connectivity index (χ0n) is 30.6. The smallest absolute Gasteiger partial charge is 0.311 e. The maximum absolute atomic E-state index is 13.8. The van der Waals surface area contributed by atoms with E-state index >= 15 is 0 Å². The van der Waals surface area contributed by atoms with E-state index in [1.54, 1.807) is 48.7 Å². The second-order valence-electron chi connectivity index (χ2n) is 14.0. The van der Waals surface area contributed by atoms with Crippen LogP contribution in [0.15, 0.2) is 77.1 Å². The summed E-state index contributed by atoms with van der Waals surface area (Å²) in [5.74, 6) is 1.17. The number of ether oxygens (including phenoxy) is 4. The molecule has 1 heterocycles. The minimum Gasteiger partial charge on any atom is -0.493 e. The van der Waals surface area contributed by atoms with Gasteiger partial charge in [-0.15, -0.1) is 0 Å². The highest BCUT2D eigenvalue weighted by atomic mass is 16.5. The van der Waals surface area contributed by atoms with Gasteiger partial charge < -0.3 is 34.0 Å². The molecule has 0 saturated heterocycles. The fraction of sp³-hybridized carbons (Fsp3) is 0.439. The molecule has 5 rings (SSSR count). The molecule has 51 heavy (non-hydrogen) atoms. The number of hydrogen-bond donors (Lipinski definition) is 2. The lowest BCUT2D eigenvalue weighted by atomic mass is 9.46. The van der Waals surface area contributed by atoms with Crippen LogP contribution >= 0.6 is 0 Å². The van der Waals surface area contributed by atoms with Crippen LogP contribution in [0, 0.1) is 22.7 Å². The average Bonchev–Trinajstić information content (AvgIpc) is 3.58. The normalized spacial score (nSPS) is 23.1. The predicted octanol–water partition coefficient (Wildman–Crippen LogP) is 7.28. The Hall–Kier alpha value is -4.99. The van der Waals surface area contributed by atoms with Crippen LogP contribution in [0.3, 0.4) is 0 Å². The van der Waals surface area contributed by atoms with E-state index < -0.39 is 17.2 Å². The standard InChI is InChI=1S/C41H50N2O8/c1-26-14-17-35-40(2,19-11-20-41(35,3)39(46)50-7)30(26)16-15-28-18-21-51-32(28)24-31(43-37(44)29-12-9-8-10-13-29)38(45)42-25-27-22-33(47-4)36(49-6)34(23-27)48-5/h8-10,12-13,18,21-24,30,35H,1,11,14-17,19-20,25H2,2-7H3,(H,42,45)(H,43,44)/t30-,35?,40+,41-/m0/s1. The number of esters is 1. The van der Waals surface area contributed by atoms with Crippen molar-refractivity contribution in [3.8, 4) is 17.2 Å². The lowest BCUT2D eigenvalue weighted by Crippen LogP contribution is -2.53. The first-order valence-corrected chi connectivity index (χ1v) is 17.5. The van der Waals surface area contributed by atoms with Crippen LogP contribution in [0.5, 0.6) is 17.2 Å². The summed E-state index contributed by atoms with van der Waals surface area (Å²) in [6, 6.07) is 14.1. The lowest BCUT2D eigenvalue weighted by molar-refractivity contribution is -0.168. The van der Waals surface area contributed by atoms with Gasteiger partial charge in [0.25, 0.3) is 11.8 Å². The molecule has 10 nitrogen and oxygen atoms in total. The first kappa shape index (κ1) is 37.3. The molecule has 4 atom stereocenters. The molecule has 0 spiro atoms. The third-order valence-electron chi connectivity index (χ3n) is 11.1. The van der Waals surface area contributed by atoms with E-state index in [0.717, 1.165) is 44.1 Å². The molecule has 1 aromatic heterocycles. The van der Waals surface area contributed by atoms with E-state index in [9.17, 15) is 14.4 Å². The van der Waals surface area contributed by atoms with Crippen molar-refractivity contribution in [3.63, 3.8) is 0 Å². The summed E-state index contributed by atoms with van der Waals surface area (Å²) in [5, 5.41) is 5.71. The van der Waals surface area contributed by atoms with Gasteiger partial charge in [0.1, 0.15) is 11.5 Å². The van der Waals surface area contributed by atoms with Crippen LogP contribution < -0.4 is 24.8 Å². The van der Waals surface area contributed by atoms with Crippen molar-refractivity contribution in [1.82, 2.24) is 10.6 Å². The van der Waals surface area contributed by atoms with E-state index in [4.69, 9.17) is 23.4 Å². The van der Waals surface area contributed by atoms with Crippen LogP contribution in [0.2, 0.25) is 0 Å². The number of rotatable bonds is 13. The summed E-state index contributed by atoms with van der Waals surface area (Å²) >= 11 is 0. The summed E-state index contributed by atoms with van der Waals surface area (Å²) in [6.07, 6.45) is 9.25. The zero-order chi connectivity index (χ0) is 36.8. The van der Waals surface area contributed by atoms with E-state index in [2.05, 4.69) is 31.1 Å². The van der Waals surface area contributed by atoms with E-state index in [-0.39, 0.29) is 35.5 Å². The quantitative estimate of drug-likeness (QED) is 0.108. The third-order valence-corrected chi connectivity index (χ3v) is 11.1. The molecule has 2 aromatic carbocycles. The maximum atomic E-state index is 13.8. The molecule has 0 aliphatic heterocycles. The molecular weight excluding hydrogens is 648 g/mol. The van der Waals surface area contributed by atoms with Crippen LogP contribution in [-0.4, -0.2) is 46.2 Å². The van der Waals surface area contributed by atoms with Gasteiger partial charge in [-0.25, -0.2) is 0 Å². The number of nitrogens with one attached hydrogen (secondary N) is 2. The lowest BCUT2D eigenvalue weighted by Gasteiger charge is -2.57. The molecule has 272 valence electrons. The highest BCUT2D eigenvalue weighted by Crippen LogP contribution is 2.62. The van der Waals surface area contributed by atoms with Crippen LogP contribution in [0.25, 0.3) is 6.08 Å². The Balaban J connectivity index is 1.39. The Labute approximate surface area is 300 Å². The zero-order valence-corrected chi connectivity index (χ0v) is 30.6. The molecule has 2 aliphatic carbocycles. The molecule has 0 bridgehead atoms. The summed E-state index contributed by atoms with van der Waals surface area (Å²) in [5.41, 5.74) is 2.64. The number of methoxy groups -OCH3 is 4. The van der Waals surface area contributed by atoms with Gasteiger partial charge in [0, 0.05) is 18.2 Å². The van der Waals surface area contributed by atoms with Crippen molar-refractivity contribution in [2.24, 2.45) is 22.7 Å². The topological polar surface area (TPSA) is 125 Å². The van der Waals surface area contributed by atoms with Gasteiger partial charge in [0.05, 0.1) is 40.1 Å². The van der Waals surface area contributed by atoms with Crippen molar-refractivity contribution in [1.29, 1.82) is 0 Å². The fourth-order valence-corrected chi connectivity index (χ4v) is 8.53. The second kappa shape index (κ2) is 15.9. The summed E-state index contributed by atoms with van der Waals surface area (Å²) in [4.78, 5) is 40.1. The molecule has 10 heteroatoms. The number of carbonyl (C=O) groups excluding carboxylic acids is 3. The number of carbonyl (C=O) groups is 3. The Kier molecular flexibility index (Phi) is 11.6. The molecule has 2 amide bonds. The third kappa shape index (κ3) is 7.70. The van der Waals surface area contributed by atoms with Crippen molar-refractivity contribution < 1.29 is 37.7 Å². The number of amides is 2. The SMILES string of the molecule is C=C1CCC2[C@](C)(CCC[C@]2(C)C(=O)OC)[C@H]1CCc1ccoc1C=C(NC(=O)c1ccccc1)C(=O)NCc1cc(OC)c(OC)c(OC)c1. The van der Waals surface area contributed by atoms with E-state index in [1.807, 2.05) is 12.1 Å². The van der Waals surface area contributed by atoms with Gasteiger partial charge in [-0.1, -0.05) is 43.7 Å². The minimum atomic E-state index is -0.522. The van der Waals surface area contributed by atoms with E-state index in [1.165, 1.54) is 34.0 Å². The molecule has 3 aromatic rings. The minimum absolute atomic E-state index is 0.0303. The van der Waals surface area contributed by atoms with Gasteiger partial charge >= 0.3 is 5.97 Å². The molecule has 2 fully saturated rings. The number of aryl methyl sites for hydroxylation is 1. The molecule has 2 saturated carbocycles. The van der Waals surface area contributed by atoms with Gasteiger partial charge in [0.15, 0.2) is 11.5 Å². The fourth-order valence-electron chi connectivity index (χ4n) is 8.53. The number of hydrogen-bond acceptors (Lipinski definition) is 8. The van der Waals surface area contributed by atoms with Crippen LogP contribution in [0.1, 0.15) is 79.6 Å². The van der Waals surface area contributed by atoms with Crippen molar-refractivity contribution in [2.75, 3.05) is 28.4 Å². The van der Waals surface area contributed by atoms with Gasteiger partial charge in [-0.05, 0) is 104 Å². The Morgan fingerprint density at radius 1 is 0.980 bits per heavy atom. The molecule has 0 radical (unpaired) electrons. The van der Waals surface area contributed by atoms with Gasteiger partial charge in [0.2, 0.25) is 5.75 Å². The number of allylic oxidation sites excluding steroid dienone is 1. The maximum Gasteiger partial charge on any atom is 0.311 e. The van der Waals surface area contributed by atoms with Crippen LogP contribution in [0.4, 0.5) is 0 Å². The van der Waals surface area contributed by atoms with Gasteiger partial charge in [-0.3, -0.25) is 14.4 Å². The number of benzene rings is 2.